The van der Waals surface area contributed by atoms with E-state index in [-0.39, 0.29) is 31.1 Å². The Labute approximate surface area is 150 Å². The van der Waals surface area contributed by atoms with E-state index in [9.17, 15) is 13.6 Å². The molecule has 1 fully saturated rings. The molecule has 26 heavy (non-hydrogen) atoms. The van der Waals surface area contributed by atoms with Crippen molar-refractivity contribution >= 4 is 11.7 Å². The van der Waals surface area contributed by atoms with Crippen LogP contribution in [-0.4, -0.2) is 72.1 Å². The van der Waals surface area contributed by atoms with Gasteiger partial charge in [0.1, 0.15) is 18.0 Å². The average molecular weight is 367 g/mol. The van der Waals surface area contributed by atoms with Gasteiger partial charge in [0.2, 0.25) is 5.91 Å². The lowest BCUT2D eigenvalue weighted by Gasteiger charge is -2.41. The summed E-state index contributed by atoms with van der Waals surface area (Å²) in [6.45, 7) is 1.69. The van der Waals surface area contributed by atoms with Gasteiger partial charge in [-0.25, -0.2) is 19.6 Å². The van der Waals surface area contributed by atoms with Crippen LogP contribution in [0.2, 0.25) is 0 Å². The van der Waals surface area contributed by atoms with E-state index in [1.807, 2.05) is 29.2 Å². The monoisotopic (exact) mass is 367 g/mol. The summed E-state index contributed by atoms with van der Waals surface area (Å²) in [4.78, 5) is 19.0. The molecule has 3 atom stereocenters. The van der Waals surface area contributed by atoms with E-state index in [2.05, 4.69) is 26.6 Å². The summed E-state index contributed by atoms with van der Waals surface area (Å²) in [6, 6.07) is -0.471. The van der Waals surface area contributed by atoms with E-state index in [4.69, 9.17) is 0 Å². The highest BCUT2D eigenvalue weighted by atomic mass is 19.3. The van der Waals surface area contributed by atoms with Gasteiger partial charge in [0, 0.05) is 32.5 Å². The van der Waals surface area contributed by atoms with Crippen LogP contribution in [0.5, 0.6) is 0 Å². The van der Waals surface area contributed by atoms with E-state index >= 15 is 0 Å². The molecule has 0 bridgehead atoms. The van der Waals surface area contributed by atoms with Gasteiger partial charge in [-0.15, -0.1) is 0 Å². The third kappa shape index (κ3) is 3.63. The van der Waals surface area contributed by atoms with Crippen molar-refractivity contribution in [3.63, 3.8) is 0 Å². The highest BCUT2D eigenvalue weighted by molar-refractivity contribution is 5.99. The fourth-order valence-electron chi connectivity index (χ4n) is 3.50. The Morgan fingerprint density at radius 3 is 2.85 bits per heavy atom. The van der Waals surface area contributed by atoms with Crippen molar-refractivity contribution < 1.29 is 13.6 Å². The molecule has 4 heterocycles. The molecule has 142 valence electrons. The Bertz CT molecular complexity index is 641. The lowest BCUT2D eigenvalue weighted by atomic mass is 10.1. The van der Waals surface area contributed by atoms with Crippen molar-refractivity contribution in [2.75, 3.05) is 26.2 Å². The summed E-state index contributed by atoms with van der Waals surface area (Å²) in [7, 11) is 0. The van der Waals surface area contributed by atoms with Crippen LogP contribution in [0.1, 0.15) is 12.8 Å². The van der Waals surface area contributed by atoms with Gasteiger partial charge in [0.15, 0.2) is 0 Å². The number of fused-ring (bicyclic) bond motifs is 1. The second-order valence-electron chi connectivity index (χ2n) is 6.85. The number of hydrazine groups is 2. The summed E-state index contributed by atoms with van der Waals surface area (Å²) in [5, 5.41) is 4.65. The van der Waals surface area contributed by atoms with Gasteiger partial charge >= 0.3 is 0 Å². The third-order valence-electron chi connectivity index (χ3n) is 5.01. The Hall–Kier alpha value is -1.88. The Morgan fingerprint density at radius 1 is 1.31 bits per heavy atom. The second-order valence-corrected chi connectivity index (χ2v) is 6.85. The molecular formula is C16H23F2N7O. The Balaban J connectivity index is 1.38. The first-order valence-corrected chi connectivity index (χ1v) is 8.87. The minimum Gasteiger partial charge on any atom is -0.334 e. The van der Waals surface area contributed by atoms with Gasteiger partial charge in [-0.05, 0) is 18.2 Å². The molecule has 0 radical (unpaired) electrons. The number of halogens is 2. The van der Waals surface area contributed by atoms with E-state index in [0.29, 0.717) is 32.0 Å². The highest BCUT2D eigenvalue weighted by Crippen LogP contribution is 2.29. The molecule has 8 nitrogen and oxygen atoms in total. The van der Waals surface area contributed by atoms with E-state index < -0.39 is 12.0 Å². The molecule has 1 amide bonds. The zero-order chi connectivity index (χ0) is 18.1. The molecule has 0 aromatic rings. The van der Waals surface area contributed by atoms with E-state index in [0.717, 1.165) is 0 Å². The van der Waals surface area contributed by atoms with Crippen LogP contribution in [0.25, 0.3) is 0 Å². The number of nitrogens with zero attached hydrogens (tertiary/aromatic N) is 3. The number of hydrogen-bond acceptors (Lipinski definition) is 7. The van der Waals surface area contributed by atoms with Crippen molar-refractivity contribution in [1.82, 2.24) is 31.5 Å². The average Bonchev–Trinajstić information content (AvgIpc) is 3.06. The molecule has 0 aromatic carbocycles. The molecule has 10 heteroatoms. The van der Waals surface area contributed by atoms with Crippen LogP contribution in [0.3, 0.4) is 0 Å². The second kappa shape index (κ2) is 7.03. The largest absolute Gasteiger partial charge is 0.334 e. The number of likely N-dealkylation sites (tertiary alicyclic amines) is 1. The van der Waals surface area contributed by atoms with Crippen molar-refractivity contribution in [3.8, 4) is 0 Å². The molecule has 0 aliphatic carbocycles. The molecular weight excluding hydrogens is 344 g/mol. The fourth-order valence-corrected chi connectivity index (χ4v) is 3.50. The molecule has 4 rings (SSSR count). The van der Waals surface area contributed by atoms with E-state index in [1.54, 1.807) is 5.01 Å². The number of amides is 1. The van der Waals surface area contributed by atoms with Crippen molar-refractivity contribution in [2.45, 2.75) is 37.1 Å². The minimum absolute atomic E-state index is 0.142. The van der Waals surface area contributed by atoms with Crippen molar-refractivity contribution in [1.29, 1.82) is 0 Å². The quantitative estimate of drug-likeness (QED) is 0.494. The lowest BCUT2D eigenvalue weighted by Crippen LogP contribution is -2.63. The topological polar surface area (TPSA) is 84.0 Å². The number of piperidine rings is 1. The maximum absolute atomic E-state index is 13.4. The van der Waals surface area contributed by atoms with Crippen molar-refractivity contribution in [2.24, 2.45) is 4.99 Å². The zero-order valence-corrected chi connectivity index (χ0v) is 14.3. The summed E-state index contributed by atoms with van der Waals surface area (Å²) in [6.07, 6.45) is 6.80. The van der Waals surface area contributed by atoms with Crippen LogP contribution in [0.4, 0.5) is 8.78 Å². The van der Waals surface area contributed by atoms with Crippen LogP contribution in [0, 0.1) is 0 Å². The Morgan fingerprint density at radius 2 is 2.12 bits per heavy atom. The smallest absolute Gasteiger partial charge is 0.250 e. The van der Waals surface area contributed by atoms with Crippen LogP contribution in [0.15, 0.2) is 29.3 Å². The first-order chi connectivity index (χ1) is 12.5. The standard InChI is InChI=1S/C16H23F2N7O/c17-16(18)5-8-24(9-6-16)14-4-3-13-19-10-11(25(13)23-14)15(26)21-12-2-1-7-20-22-12/h1-4,11-12,14,20,22-23H,5-10H2,(H,21,26). The summed E-state index contributed by atoms with van der Waals surface area (Å²) in [5.41, 5.74) is 9.19. The summed E-state index contributed by atoms with van der Waals surface area (Å²) >= 11 is 0. The van der Waals surface area contributed by atoms with Crippen LogP contribution < -0.4 is 21.6 Å². The van der Waals surface area contributed by atoms with Gasteiger partial charge in [0.25, 0.3) is 5.92 Å². The molecule has 1 saturated heterocycles. The summed E-state index contributed by atoms with van der Waals surface area (Å²) in [5.74, 6) is -2.04. The van der Waals surface area contributed by atoms with Gasteiger partial charge in [-0.3, -0.25) is 25.1 Å². The Kier molecular flexibility index (Phi) is 4.74. The first-order valence-electron chi connectivity index (χ1n) is 8.87. The van der Waals surface area contributed by atoms with Crippen LogP contribution in [-0.2, 0) is 4.79 Å². The van der Waals surface area contributed by atoms with Gasteiger partial charge in [-0.1, -0.05) is 6.08 Å². The number of rotatable bonds is 3. The first kappa shape index (κ1) is 17.5. The zero-order valence-electron chi connectivity index (χ0n) is 14.3. The predicted molar refractivity (Wildman–Crippen MR) is 92.0 cm³/mol. The molecule has 3 unspecified atom stereocenters. The maximum atomic E-state index is 13.4. The molecule has 0 saturated carbocycles. The molecule has 4 aliphatic heterocycles. The molecule has 4 aliphatic rings. The number of alkyl halides is 2. The summed E-state index contributed by atoms with van der Waals surface area (Å²) < 4.78 is 26.8. The lowest BCUT2D eigenvalue weighted by molar-refractivity contribution is -0.126. The molecule has 0 aromatic heterocycles. The maximum Gasteiger partial charge on any atom is 0.250 e. The number of carbonyl (C=O) groups excluding carboxylic acids is 1. The SMILES string of the molecule is O=C(NC1C=CCNN1)C1CN=C2C=CC(N3CCC(F)(F)CC3)NN21. The number of nitrogens with one attached hydrogen (secondary N) is 4. The van der Waals surface area contributed by atoms with Crippen molar-refractivity contribution in [3.05, 3.63) is 24.3 Å². The van der Waals surface area contributed by atoms with Gasteiger partial charge in [-0.2, -0.15) is 0 Å². The normalized spacial score (nSPS) is 33.7. The predicted octanol–water partition coefficient (Wildman–Crippen LogP) is -0.693. The third-order valence-corrected chi connectivity index (χ3v) is 5.01. The molecule has 4 N–H and O–H groups in total. The van der Waals surface area contributed by atoms with E-state index in [1.165, 1.54) is 0 Å². The molecule has 0 spiro atoms. The number of carbonyl (C=O) groups is 1. The fraction of sp³-hybridized carbons (Fsp3) is 0.625. The van der Waals surface area contributed by atoms with Gasteiger partial charge in [0.05, 0.1) is 12.7 Å². The number of amidine groups is 1. The van der Waals surface area contributed by atoms with Crippen LogP contribution >= 0.6 is 0 Å². The van der Waals surface area contributed by atoms with Gasteiger partial charge < -0.3 is 5.32 Å². The number of hydrogen-bond donors (Lipinski definition) is 4. The highest BCUT2D eigenvalue weighted by Gasteiger charge is 2.40. The number of aliphatic imine (C=N–C) groups is 1. The minimum atomic E-state index is -2.58.